The number of carbonyl (C=O) groups is 1. The van der Waals surface area contributed by atoms with E-state index >= 15 is 0 Å². The highest BCUT2D eigenvalue weighted by Crippen LogP contribution is 2.23. The minimum absolute atomic E-state index is 0.0144. The maximum atomic E-state index is 11.8. The van der Waals surface area contributed by atoms with E-state index < -0.39 is 0 Å². The van der Waals surface area contributed by atoms with Crippen LogP contribution in [0.2, 0.25) is 0 Å². The second-order valence-electron chi connectivity index (χ2n) is 6.53. The standard InChI is InChI=1S/C17H28N2O/c1-6-15(18)11-16(20)19-12(2)13-7-9-14(10-8-13)17(3,4)5/h7-10,12,15H,6,11,18H2,1-5H3,(H,19,20). The Hall–Kier alpha value is -1.35. The number of nitrogens with two attached hydrogens (primary N) is 1. The van der Waals surface area contributed by atoms with Gasteiger partial charge in [-0.2, -0.15) is 0 Å². The van der Waals surface area contributed by atoms with Gasteiger partial charge in [0.05, 0.1) is 6.04 Å². The summed E-state index contributed by atoms with van der Waals surface area (Å²) < 4.78 is 0. The van der Waals surface area contributed by atoms with E-state index in [-0.39, 0.29) is 23.4 Å². The Labute approximate surface area is 122 Å². The van der Waals surface area contributed by atoms with Gasteiger partial charge >= 0.3 is 0 Å². The lowest BCUT2D eigenvalue weighted by Crippen LogP contribution is -2.32. The molecule has 0 aromatic heterocycles. The van der Waals surface area contributed by atoms with Crippen LogP contribution in [0.15, 0.2) is 24.3 Å². The lowest BCUT2D eigenvalue weighted by molar-refractivity contribution is -0.122. The first kappa shape index (κ1) is 16.7. The summed E-state index contributed by atoms with van der Waals surface area (Å²) in [5.41, 5.74) is 8.37. The molecule has 3 N–H and O–H groups in total. The van der Waals surface area contributed by atoms with Gasteiger partial charge in [-0.15, -0.1) is 0 Å². The van der Waals surface area contributed by atoms with Crippen LogP contribution >= 0.6 is 0 Å². The van der Waals surface area contributed by atoms with Crippen molar-refractivity contribution in [2.75, 3.05) is 0 Å². The highest BCUT2D eigenvalue weighted by Gasteiger charge is 2.15. The fourth-order valence-corrected chi connectivity index (χ4v) is 2.04. The zero-order valence-electron chi connectivity index (χ0n) is 13.4. The molecule has 2 atom stereocenters. The summed E-state index contributed by atoms with van der Waals surface area (Å²) in [6, 6.07) is 8.41. The van der Waals surface area contributed by atoms with Gasteiger partial charge in [0.2, 0.25) is 5.91 Å². The summed E-state index contributed by atoms with van der Waals surface area (Å²) in [6.07, 6.45) is 1.21. The van der Waals surface area contributed by atoms with E-state index in [1.165, 1.54) is 5.56 Å². The zero-order valence-corrected chi connectivity index (χ0v) is 13.4. The predicted molar refractivity (Wildman–Crippen MR) is 84.6 cm³/mol. The van der Waals surface area contributed by atoms with Crippen LogP contribution < -0.4 is 11.1 Å². The summed E-state index contributed by atoms with van der Waals surface area (Å²) >= 11 is 0. The van der Waals surface area contributed by atoms with Crippen LogP contribution in [0.5, 0.6) is 0 Å². The Bertz CT molecular complexity index is 431. The van der Waals surface area contributed by atoms with Crippen molar-refractivity contribution in [3.63, 3.8) is 0 Å². The Morgan fingerprint density at radius 3 is 2.25 bits per heavy atom. The third-order valence-electron chi connectivity index (χ3n) is 3.63. The first-order chi connectivity index (χ1) is 9.24. The first-order valence-electron chi connectivity index (χ1n) is 7.39. The van der Waals surface area contributed by atoms with E-state index in [9.17, 15) is 4.79 Å². The molecule has 0 radical (unpaired) electrons. The number of hydrogen-bond donors (Lipinski definition) is 2. The van der Waals surface area contributed by atoms with Gasteiger partial charge in [0.1, 0.15) is 0 Å². The number of nitrogens with one attached hydrogen (secondary N) is 1. The SMILES string of the molecule is CCC(N)CC(=O)NC(C)c1ccc(C(C)(C)C)cc1. The Morgan fingerprint density at radius 2 is 1.80 bits per heavy atom. The Balaban J connectivity index is 2.64. The lowest BCUT2D eigenvalue weighted by Gasteiger charge is -2.21. The molecule has 2 unspecified atom stereocenters. The topological polar surface area (TPSA) is 55.1 Å². The average Bonchev–Trinajstić information content (AvgIpc) is 2.37. The van der Waals surface area contributed by atoms with Crippen LogP contribution in [0.1, 0.15) is 64.6 Å². The largest absolute Gasteiger partial charge is 0.350 e. The van der Waals surface area contributed by atoms with Gasteiger partial charge < -0.3 is 11.1 Å². The molecule has 3 nitrogen and oxygen atoms in total. The predicted octanol–water partition coefficient (Wildman–Crippen LogP) is 3.29. The maximum Gasteiger partial charge on any atom is 0.222 e. The summed E-state index contributed by atoms with van der Waals surface area (Å²) in [4.78, 5) is 11.8. The highest BCUT2D eigenvalue weighted by molar-refractivity contribution is 5.77. The minimum atomic E-state index is -0.0505. The van der Waals surface area contributed by atoms with E-state index in [1.807, 2.05) is 13.8 Å². The third kappa shape index (κ3) is 4.97. The van der Waals surface area contributed by atoms with Gasteiger partial charge in [-0.3, -0.25) is 4.79 Å². The number of benzene rings is 1. The van der Waals surface area contributed by atoms with Crippen LogP contribution in [0.25, 0.3) is 0 Å². The van der Waals surface area contributed by atoms with E-state index in [4.69, 9.17) is 5.73 Å². The van der Waals surface area contributed by atoms with Crippen molar-refractivity contribution < 1.29 is 4.79 Å². The number of rotatable bonds is 5. The van der Waals surface area contributed by atoms with E-state index in [1.54, 1.807) is 0 Å². The summed E-state index contributed by atoms with van der Waals surface area (Å²) in [6.45, 7) is 10.6. The van der Waals surface area contributed by atoms with Gasteiger partial charge in [-0.05, 0) is 29.9 Å². The molecule has 0 saturated heterocycles. The van der Waals surface area contributed by atoms with Gasteiger partial charge in [0, 0.05) is 12.5 Å². The molecule has 1 aromatic carbocycles. The van der Waals surface area contributed by atoms with Crippen LogP contribution in [0.4, 0.5) is 0 Å². The van der Waals surface area contributed by atoms with Crippen molar-refractivity contribution in [1.29, 1.82) is 0 Å². The Kier molecular flexibility index (Phi) is 5.75. The van der Waals surface area contributed by atoms with Gasteiger partial charge in [-0.1, -0.05) is 52.0 Å². The summed E-state index contributed by atoms with van der Waals surface area (Å²) in [5, 5.41) is 3.00. The quantitative estimate of drug-likeness (QED) is 0.867. The van der Waals surface area contributed by atoms with E-state index in [0.717, 1.165) is 12.0 Å². The molecule has 1 amide bonds. The third-order valence-corrected chi connectivity index (χ3v) is 3.63. The van der Waals surface area contributed by atoms with Crippen molar-refractivity contribution in [2.24, 2.45) is 5.73 Å². The van der Waals surface area contributed by atoms with Crippen molar-refractivity contribution in [3.8, 4) is 0 Å². The Morgan fingerprint density at radius 1 is 1.25 bits per heavy atom. The number of hydrogen-bond acceptors (Lipinski definition) is 2. The monoisotopic (exact) mass is 276 g/mol. The smallest absolute Gasteiger partial charge is 0.222 e. The van der Waals surface area contributed by atoms with Gasteiger partial charge in [0.25, 0.3) is 0 Å². The van der Waals surface area contributed by atoms with Crippen molar-refractivity contribution >= 4 is 5.91 Å². The molecule has 1 rings (SSSR count). The van der Waals surface area contributed by atoms with Crippen LogP contribution in [-0.2, 0) is 10.2 Å². The molecule has 112 valence electrons. The first-order valence-corrected chi connectivity index (χ1v) is 7.39. The average molecular weight is 276 g/mol. The molecule has 3 heteroatoms. The molecule has 0 aliphatic rings. The highest BCUT2D eigenvalue weighted by atomic mass is 16.1. The zero-order chi connectivity index (χ0) is 15.3. The van der Waals surface area contributed by atoms with Crippen molar-refractivity contribution in [3.05, 3.63) is 35.4 Å². The molecule has 0 fully saturated rings. The molecular weight excluding hydrogens is 248 g/mol. The molecular formula is C17H28N2O. The van der Waals surface area contributed by atoms with Crippen molar-refractivity contribution in [2.45, 2.75) is 65.0 Å². The summed E-state index contributed by atoms with van der Waals surface area (Å²) in [5.74, 6) is 0.0201. The van der Waals surface area contributed by atoms with E-state index in [2.05, 4.69) is 50.4 Å². The molecule has 0 aliphatic heterocycles. The van der Waals surface area contributed by atoms with Crippen molar-refractivity contribution in [1.82, 2.24) is 5.32 Å². The summed E-state index contributed by atoms with van der Waals surface area (Å²) in [7, 11) is 0. The van der Waals surface area contributed by atoms with Gasteiger partial charge in [-0.25, -0.2) is 0 Å². The second kappa shape index (κ2) is 6.89. The normalized spacial score (nSPS) is 14.7. The number of carbonyl (C=O) groups excluding carboxylic acids is 1. The molecule has 0 bridgehead atoms. The fourth-order valence-electron chi connectivity index (χ4n) is 2.04. The molecule has 20 heavy (non-hydrogen) atoms. The lowest BCUT2D eigenvalue weighted by atomic mass is 9.86. The minimum Gasteiger partial charge on any atom is -0.350 e. The molecule has 0 spiro atoms. The van der Waals surface area contributed by atoms with Crippen LogP contribution in [0, 0.1) is 0 Å². The van der Waals surface area contributed by atoms with E-state index in [0.29, 0.717) is 6.42 Å². The molecule has 0 saturated carbocycles. The maximum absolute atomic E-state index is 11.8. The second-order valence-corrected chi connectivity index (χ2v) is 6.53. The fraction of sp³-hybridized carbons (Fsp3) is 0.588. The number of amides is 1. The molecule has 0 heterocycles. The molecule has 0 aliphatic carbocycles. The van der Waals surface area contributed by atoms with Gasteiger partial charge in [0.15, 0.2) is 0 Å². The van der Waals surface area contributed by atoms with Crippen LogP contribution in [0.3, 0.4) is 0 Å². The molecule has 1 aromatic rings. The van der Waals surface area contributed by atoms with Crippen LogP contribution in [-0.4, -0.2) is 11.9 Å².